The van der Waals surface area contributed by atoms with E-state index in [4.69, 9.17) is 17.4 Å². The topological polar surface area (TPSA) is 46.0 Å². The number of ether oxygens (including phenoxy) is 1. The number of benzene rings is 4. The summed E-state index contributed by atoms with van der Waals surface area (Å²) in [4.78, 5) is 9.81. The average Bonchev–Trinajstić information content (AvgIpc) is 3.74. The van der Waals surface area contributed by atoms with Gasteiger partial charge < -0.3 is 4.74 Å². The van der Waals surface area contributed by atoms with Crippen molar-refractivity contribution in [3.05, 3.63) is 138 Å². The van der Waals surface area contributed by atoms with Gasteiger partial charge in [0.2, 0.25) is 11.4 Å². The predicted octanol–water partition coefficient (Wildman–Crippen LogP) is 13.4. The second-order valence-electron chi connectivity index (χ2n) is 19.3. The first-order valence-corrected chi connectivity index (χ1v) is 19.8. The summed E-state index contributed by atoms with van der Waals surface area (Å²) < 4.78 is 48.8. The summed E-state index contributed by atoms with van der Waals surface area (Å²) >= 11 is 0. The summed E-state index contributed by atoms with van der Waals surface area (Å²) in [5.41, 5.74) is 8.13. The van der Waals surface area contributed by atoms with Crippen LogP contribution in [0.5, 0.6) is 11.5 Å². The molecular weight excluding hydrogens is 699 g/mol. The van der Waals surface area contributed by atoms with Crippen molar-refractivity contribution in [3.63, 3.8) is 0 Å². The van der Waals surface area contributed by atoms with E-state index in [2.05, 4.69) is 142 Å². The summed E-state index contributed by atoms with van der Waals surface area (Å²) in [7, 11) is 0. The second-order valence-corrected chi connectivity index (χ2v) is 19.3. The highest BCUT2D eigenvalue weighted by Gasteiger charge is 2.42. The van der Waals surface area contributed by atoms with E-state index >= 15 is 0 Å². The second kappa shape index (κ2) is 13.4. The monoisotopic (exact) mass is 757 g/mol. The molecule has 1 aliphatic heterocycles. The maximum atomic E-state index is 9.32. The molecule has 0 unspecified atom stereocenters. The molecule has 0 amide bonds. The van der Waals surface area contributed by atoms with E-state index in [0.717, 1.165) is 50.1 Å². The fourth-order valence-electron chi connectivity index (χ4n) is 7.63. The number of aromatic nitrogens is 3. The van der Waals surface area contributed by atoms with Crippen LogP contribution >= 0.6 is 0 Å². The predicted molar refractivity (Wildman–Crippen MR) is 238 cm³/mol. The van der Waals surface area contributed by atoms with Crippen molar-refractivity contribution in [2.75, 3.05) is 0 Å². The van der Waals surface area contributed by atoms with Crippen molar-refractivity contribution in [2.45, 2.75) is 105 Å². The van der Waals surface area contributed by atoms with Crippen molar-refractivity contribution < 1.29 is 10.2 Å². The smallest absolute Gasteiger partial charge is 0.455 e. The molecule has 0 N–H and O–H groups in total. The van der Waals surface area contributed by atoms with Crippen molar-refractivity contribution in [1.29, 1.82) is 0 Å². The zero-order valence-corrected chi connectivity index (χ0v) is 35.3. The minimum Gasteiger partial charge on any atom is -0.455 e. The van der Waals surface area contributed by atoms with Crippen LogP contribution in [0.25, 0.3) is 27.8 Å². The Labute approximate surface area is 343 Å². The molecule has 4 aromatic carbocycles. The first-order chi connectivity index (χ1) is 28.4. The lowest BCUT2D eigenvalue weighted by molar-refractivity contribution is 0.477. The third kappa shape index (κ3) is 6.97. The Balaban J connectivity index is 1.36. The average molecular weight is 758 g/mol. The summed E-state index contributed by atoms with van der Waals surface area (Å²) in [5.74, 6) is 1.88. The van der Waals surface area contributed by atoms with Crippen LogP contribution in [0.3, 0.4) is 0 Å². The molecule has 0 aliphatic carbocycles. The summed E-state index contributed by atoms with van der Waals surface area (Å²) in [6.07, 6.45) is 3.61. The van der Waals surface area contributed by atoms with Gasteiger partial charge in [-0.2, -0.15) is 0 Å². The highest BCUT2D eigenvalue weighted by molar-refractivity contribution is 6.07. The third-order valence-electron chi connectivity index (χ3n) is 10.7. The molecule has 0 bridgehead atoms. The molecule has 0 radical (unpaired) electrons. The fourth-order valence-corrected chi connectivity index (χ4v) is 7.63. The van der Waals surface area contributed by atoms with Gasteiger partial charge in [-0.05, 0) is 66.2 Å². The minimum atomic E-state index is -0.317. The molecule has 0 spiro atoms. The van der Waals surface area contributed by atoms with Gasteiger partial charge in [-0.1, -0.05) is 132 Å². The third-order valence-corrected chi connectivity index (χ3v) is 10.7. The molecule has 6 heteroatoms. The molecule has 0 fully saturated rings. The van der Waals surface area contributed by atoms with Crippen LogP contribution in [0, 0.1) is 0 Å². The highest BCUT2D eigenvalue weighted by Crippen LogP contribution is 2.45. The Morgan fingerprint density at radius 2 is 1.26 bits per heavy atom. The molecule has 1 aliphatic rings. The Kier molecular flexibility index (Phi) is 7.82. The number of pyridine rings is 2. The number of para-hydroxylation sites is 4. The molecule has 6 nitrogen and oxygen atoms in total. The lowest BCUT2D eigenvalue weighted by atomic mass is 9.78. The maximum Gasteiger partial charge on any atom is 0.503 e. The number of nitrogens with zero attached hydrogens (tertiary/aromatic N) is 5. The molecule has 0 saturated heterocycles. The molecule has 8 rings (SSSR count). The molecule has 4 heterocycles. The Morgan fingerprint density at radius 3 is 1.91 bits per heavy atom. The van der Waals surface area contributed by atoms with Crippen LogP contribution in [0.2, 0.25) is 0 Å². The van der Waals surface area contributed by atoms with Gasteiger partial charge in [-0.3, -0.25) is 9.55 Å². The maximum absolute atomic E-state index is 9.32. The van der Waals surface area contributed by atoms with Crippen LogP contribution in [-0.4, -0.2) is 20.5 Å². The lowest BCUT2D eigenvalue weighted by Crippen LogP contribution is -2.21. The van der Waals surface area contributed by atoms with Crippen LogP contribution in [-0.2, 0) is 21.7 Å². The van der Waals surface area contributed by atoms with Crippen molar-refractivity contribution >= 4 is 50.7 Å². The van der Waals surface area contributed by atoms with Gasteiger partial charge in [0.1, 0.15) is 17.3 Å². The quantitative estimate of drug-likeness (QED) is 0.164. The first kappa shape index (κ1) is 33.3. The SMILES string of the molecule is [2H]c1c([2H])c([2H])c2c(c1[2H])[N+](c1cc(Oc3cnc4c5ccccc5n(-c5cc(C(C)(C)C)ccn5)c4c3)cc(C(C)(C)C)c1)=C=[N+]2c1c(C(C)(C)C)cccc1C(C)(C)C. The van der Waals surface area contributed by atoms with Gasteiger partial charge in [-0.15, -0.1) is 0 Å². The van der Waals surface area contributed by atoms with Crippen LogP contribution in [0.4, 0.5) is 22.7 Å². The van der Waals surface area contributed by atoms with Crippen molar-refractivity contribution in [2.24, 2.45) is 0 Å². The zero-order chi connectivity index (χ0) is 44.1. The summed E-state index contributed by atoms with van der Waals surface area (Å²) in [5, 5.41) is 1.01. The molecule has 0 saturated carbocycles. The molecule has 288 valence electrons. The van der Waals surface area contributed by atoms with E-state index in [-0.39, 0.29) is 45.8 Å². The fraction of sp³-hybridized carbons (Fsp3) is 0.314. The van der Waals surface area contributed by atoms with Gasteiger partial charge in [-0.25, -0.2) is 4.98 Å². The molecule has 0 atom stereocenters. The number of hydrogen-bond acceptors (Lipinski definition) is 3. The van der Waals surface area contributed by atoms with Crippen molar-refractivity contribution in [3.8, 4) is 17.3 Å². The van der Waals surface area contributed by atoms with Gasteiger partial charge in [0.25, 0.3) is 11.4 Å². The summed E-state index contributed by atoms with van der Waals surface area (Å²) in [6.45, 7) is 26.0. The van der Waals surface area contributed by atoms with E-state index in [1.165, 1.54) is 5.56 Å². The number of fused-ring (bicyclic) bond motifs is 4. The van der Waals surface area contributed by atoms with E-state index in [1.807, 2.05) is 41.1 Å². The Morgan fingerprint density at radius 1 is 0.614 bits per heavy atom. The van der Waals surface area contributed by atoms with Crippen LogP contribution < -0.4 is 13.9 Å². The standard InChI is InChI=1S/C51H55N5O/c1-48(2,3)33-24-25-52-45(28-33)56-41-21-14-13-18-38(41)46-44(56)30-37(31-53-46)57-36-27-34(49(4,5)6)26-35(29-36)54-32-55(43-23-16-15-22-42(43)54)47-39(50(7,8)9)19-17-20-40(47)51(10,11)12/h13-31H,1-12H3/q+2/i15D,16D,22D,23D. The zero-order valence-electron chi connectivity index (χ0n) is 39.3. The molecular formula is C51H55N5O+2. The normalized spacial score (nSPS) is 14.5. The largest absolute Gasteiger partial charge is 0.503 e. The highest BCUT2D eigenvalue weighted by atomic mass is 16.5. The van der Waals surface area contributed by atoms with E-state index in [9.17, 15) is 2.74 Å². The minimum absolute atomic E-state index is 0.0694. The first-order valence-electron chi connectivity index (χ1n) is 21.8. The number of rotatable bonds is 5. The van der Waals surface area contributed by atoms with E-state index in [0.29, 0.717) is 28.6 Å². The van der Waals surface area contributed by atoms with Gasteiger partial charge in [0.05, 0.1) is 34.3 Å². The van der Waals surface area contributed by atoms with Gasteiger partial charge in [0.15, 0.2) is 0 Å². The molecule has 57 heavy (non-hydrogen) atoms. The Bertz CT molecular complexity index is 2990. The molecule has 7 aromatic rings. The lowest BCUT2D eigenvalue weighted by Gasteiger charge is -2.25. The van der Waals surface area contributed by atoms with E-state index < -0.39 is 0 Å². The van der Waals surface area contributed by atoms with E-state index in [1.54, 1.807) is 10.8 Å². The summed E-state index contributed by atoms with van der Waals surface area (Å²) in [6, 6.07) is 29.4. The molecule has 3 aromatic heterocycles. The Hall–Kier alpha value is -5.84. The van der Waals surface area contributed by atoms with Crippen LogP contribution in [0.15, 0.2) is 115 Å². The van der Waals surface area contributed by atoms with Gasteiger partial charge >= 0.3 is 6.01 Å². The van der Waals surface area contributed by atoms with Crippen molar-refractivity contribution in [1.82, 2.24) is 23.7 Å². The van der Waals surface area contributed by atoms with Gasteiger partial charge in [0, 0.05) is 46.9 Å². The van der Waals surface area contributed by atoms with Crippen LogP contribution in [0.1, 0.15) is 111 Å². The number of hydrogen-bond donors (Lipinski definition) is 0.